The van der Waals surface area contributed by atoms with Crippen LogP contribution in [0, 0.1) is 17.1 Å². The molecule has 0 amide bonds. The Bertz CT molecular complexity index is 637. The number of nitrogen functional groups attached to an aromatic ring is 1. The molecule has 0 bridgehead atoms. The first-order valence-corrected chi connectivity index (χ1v) is 5.40. The van der Waals surface area contributed by atoms with Crippen LogP contribution in [0.3, 0.4) is 0 Å². The van der Waals surface area contributed by atoms with Crippen LogP contribution in [0.15, 0.2) is 36.4 Å². The molecule has 0 saturated carbocycles. The molecule has 0 saturated heterocycles. The van der Waals surface area contributed by atoms with Crippen LogP contribution in [0.1, 0.15) is 5.56 Å². The maximum absolute atomic E-state index is 13.2. The molecule has 0 spiro atoms. The van der Waals surface area contributed by atoms with Gasteiger partial charge in [0, 0.05) is 12.1 Å². The van der Waals surface area contributed by atoms with Crippen LogP contribution in [0.5, 0.6) is 11.5 Å². The third-order valence-electron chi connectivity index (χ3n) is 2.26. The van der Waals surface area contributed by atoms with Gasteiger partial charge in [-0.2, -0.15) is 5.26 Å². The van der Waals surface area contributed by atoms with E-state index < -0.39 is 5.82 Å². The highest BCUT2D eigenvalue weighted by Gasteiger charge is 2.06. The Labute approximate surface area is 108 Å². The number of halogens is 2. The molecule has 0 aliphatic rings. The Morgan fingerprint density at radius 1 is 1.22 bits per heavy atom. The zero-order valence-electron chi connectivity index (χ0n) is 9.15. The van der Waals surface area contributed by atoms with Crippen molar-refractivity contribution >= 4 is 17.3 Å². The van der Waals surface area contributed by atoms with Crippen molar-refractivity contribution in [2.45, 2.75) is 0 Å². The number of ether oxygens (including phenoxy) is 1. The van der Waals surface area contributed by atoms with Crippen molar-refractivity contribution < 1.29 is 9.13 Å². The molecule has 2 N–H and O–H groups in total. The van der Waals surface area contributed by atoms with Crippen molar-refractivity contribution in [1.82, 2.24) is 0 Å². The Balaban J connectivity index is 2.33. The molecule has 0 atom stereocenters. The second kappa shape index (κ2) is 4.94. The topological polar surface area (TPSA) is 59.0 Å². The number of nitrogens with zero attached hydrogens (tertiary/aromatic N) is 1. The SMILES string of the molecule is N#Cc1ccc(N)c(Oc2ccc(Cl)c(F)c2)c1. The van der Waals surface area contributed by atoms with Crippen molar-refractivity contribution in [2.75, 3.05) is 5.73 Å². The molecule has 2 rings (SSSR count). The van der Waals surface area contributed by atoms with Gasteiger partial charge in [0.15, 0.2) is 5.75 Å². The summed E-state index contributed by atoms with van der Waals surface area (Å²) >= 11 is 5.56. The lowest BCUT2D eigenvalue weighted by Gasteiger charge is -2.09. The summed E-state index contributed by atoms with van der Waals surface area (Å²) in [5.41, 5.74) is 6.48. The van der Waals surface area contributed by atoms with Gasteiger partial charge in [0.25, 0.3) is 0 Å². The summed E-state index contributed by atoms with van der Waals surface area (Å²) in [5, 5.41) is 8.79. The average Bonchev–Trinajstić information content (AvgIpc) is 2.36. The summed E-state index contributed by atoms with van der Waals surface area (Å²) in [6, 6.07) is 10.6. The molecule has 0 aliphatic carbocycles. The second-order valence-electron chi connectivity index (χ2n) is 3.54. The molecule has 3 nitrogen and oxygen atoms in total. The van der Waals surface area contributed by atoms with E-state index in [1.165, 1.54) is 18.2 Å². The van der Waals surface area contributed by atoms with Crippen molar-refractivity contribution in [3.63, 3.8) is 0 Å². The number of nitrogens with two attached hydrogens (primary N) is 1. The molecule has 2 aromatic rings. The standard InChI is InChI=1S/C13H8ClFN2O/c14-10-3-2-9(6-11(10)15)18-13-5-8(7-16)1-4-12(13)17/h1-6H,17H2. The van der Waals surface area contributed by atoms with E-state index >= 15 is 0 Å². The molecule has 2 aromatic carbocycles. The second-order valence-corrected chi connectivity index (χ2v) is 3.95. The largest absolute Gasteiger partial charge is 0.455 e. The van der Waals surface area contributed by atoms with Gasteiger partial charge >= 0.3 is 0 Å². The van der Waals surface area contributed by atoms with Gasteiger partial charge in [-0.25, -0.2) is 4.39 Å². The molecule has 0 aromatic heterocycles. The van der Waals surface area contributed by atoms with E-state index in [1.807, 2.05) is 6.07 Å². The maximum Gasteiger partial charge on any atom is 0.151 e. The van der Waals surface area contributed by atoms with Crippen LogP contribution in [0.2, 0.25) is 5.02 Å². The lowest BCUT2D eigenvalue weighted by Crippen LogP contribution is -1.93. The van der Waals surface area contributed by atoms with Crippen LogP contribution in [0.25, 0.3) is 0 Å². The molecule has 0 fully saturated rings. The smallest absolute Gasteiger partial charge is 0.151 e. The average molecular weight is 263 g/mol. The third kappa shape index (κ3) is 2.53. The fourth-order valence-electron chi connectivity index (χ4n) is 1.36. The van der Waals surface area contributed by atoms with Crippen molar-refractivity contribution in [2.24, 2.45) is 0 Å². The summed E-state index contributed by atoms with van der Waals surface area (Å²) in [5.74, 6) is -0.0151. The van der Waals surface area contributed by atoms with Crippen LogP contribution < -0.4 is 10.5 Å². The van der Waals surface area contributed by atoms with E-state index in [0.717, 1.165) is 6.07 Å². The van der Waals surface area contributed by atoms with Crippen molar-refractivity contribution in [3.05, 3.63) is 52.8 Å². The third-order valence-corrected chi connectivity index (χ3v) is 2.57. The quantitative estimate of drug-likeness (QED) is 0.839. The van der Waals surface area contributed by atoms with E-state index in [0.29, 0.717) is 17.0 Å². The first kappa shape index (κ1) is 12.2. The first-order chi connectivity index (χ1) is 8.60. The Kier molecular flexibility index (Phi) is 3.35. The number of benzene rings is 2. The van der Waals surface area contributed by atoms with E-state index in [1.54, 1.807) is 12.1 Å². The number of hydrogen-bond acceptors (Lipinski definition) is 3. The van der Waals surface area contributed by atoms with Gasteiger partial charge in [-0.05, 0) is 24.3 Å². The molecule has 18 heavy (non-hydrogen) atoms. The zero-order valence-corrected chi connectivity index (χ0v) is 9.91. The summed E-state index contributed by atoms with van der Waals surface area (Å²) in [7, 11) is 0. The number of rotatable bonds is 2. The molecular weight excluding hydrogens is 255 g/mol. The predicted molar refractivity (Wildman–Crippen MR) is 67.1 cm³/mol. The highest BCUT2D eigenvalue weighted by Crippen LogP contribution is 2.30. The summed E-state index contributed by atoms with van der Waals surface area (Å²) in [4.78, 5) is 0. The van der Waals surface area contributed by atoms with Crippen LogP contribution in [-0.2, 0) is 0 Å². The lowest BCUT2D eigenvalue weighted by molar-refractivity contribution is 0.479. The van der Waals surface area contributed by atoms with Gasteiger partial charge in [-0.1, -0.05) is 11.6 Å². The van der Waals surface area contributed by atoms with Gasteiger partial charge in [0.05, 0.1) is 22.3 Å². The molecule has 0 unspecified atom stereocenters. The monoisotopic (exact) mass is 262 g/mol. The van der Waals surface area contributed by atoms with E-state index in [4.69, 9.17) is 27.3 Å². The summed E-state index contributed by atoms with van der Waals surface area (Å²) < 4.78 is 18.6. The molecular formula is C13H8ClFN2O. The zero-order chi connectivity index (χ0) is 13.1. The van der Waals surface area contributed by atoms with E-state index in [9.17, 15) is 4.39 Å². The van der Waals surface area contributed by atoms with Gasteiger partial charge in [0.1, 0.15) is 11.6 Å². The molecule has 5 heteroatoms. The Hall–Kier alpha value is -2.25. The van der Waals surface area contributed by atoms with Gasteiger partial charge in [0.2, 0.25) is 0 Å². The Morgan fingerprint density at radius 2 is 2.00 bits per heavy atom. The molecule has 90 valence electrons. The molecule has 0 aliphatic heterocycles. The van der Waals surface area contributed by atoms with E-state index in [2.05, 4.69) is 0 Å². The fraction of sp³-hybridized carbons (Fsp3) is 0. The molecule has 0 heterocycles. The summed E-state index contributed by atoms with van der Waals surface area (Å²) in [6.07, 6.45) is 0. The Morgan fingerprint density at radius 3 is 2.67 bits per heavy atom. The van der Waals surface area contributed by atoms with Crippen LogP contribution in [0.4, 0.5) is 10.1 Å². The van der Waals surface area contributed by atoms with E-state index in [-0.39, 0.29) is 10.8 Å². The predicted octanol–water partition coefficient (Wildman–Crippen LogP) is 3.73. The highest BCUT2D eigenvalue weighted by atomic mass is 35.5. The minimum absolute atomic E-state index is 0.0149. The first-order valence-electron chi connectivity index (χ1n) is 5.02. The fourth-order valence-corrected chi connectivity index (χ4v) is 1.48. The van der Waals surface area contributed by atoms with Crippen molar-refractivity contribution in [1.29, 1.82) is 5.26 Å². The molecule has 0 radical (unpaired) electrons. The summed E-state index contributed by atoms with van der Waals surface area (Å²) in [6.45, 7) is 0. The van der Waals surface area contributed by atoms with Crippen molar-refractivity contribution in [3.8, 4) is 17.6 Å². The minimum atomic E-state index is -0.579. The number of nitriles is 1. The van der Waals surface area contributed by atoms with Crippen LogP contribution >= 0.6 is 11.6 Å². The lowest BCUT2D eigenvalue weighted by atomic mass is 10.2. The van der Waals surface area contributed by atoms with Gasteiger partial charge in [-0.15, -0.1) is 0 Å². The highest BCUT2D eigenvalue weighted by molar-refractivity contribution is 6.30. The van der Waals surface area contributed by atoms with Gasteiger partial charge < -0.3 is 10.5 Å². The minimum Gasteiger partial charge on any atom is -0.455 e. The van der Waals surface area contributed by atoms with Gasteiger partial charge in [-0.3, -0.25) is 0 Å². The van der Waals surface area contributed by atoms with Crippen LogP contribution in [-0.4, -0.2) is 0 Å². The normalized spacial score (nSPS) is 9.83. The maximum atomic E-state index is 13.2. The number of anilines is 1. The number of hydrogen-bond donors (Lipinski definition) is 1.